The lowest BCUT2D eigenvalue weighted by molar-refractivity contribution is 0.172. The Bertz CT molecular complexity index is 501. The van der Waals surface area contributed by atoms with E-state index in [-0.39, 0.29) is 6.61 Å². The molecule has 0 saturated heterocycles. The number of allylic oxidation sites excluding steroid dienone is 3. The fourth-order valence-electron chi connectivity index (χ4n) is 1.54. The number of hydrogen-bond donors (Lipinski definition) is 1. The van der Waals surface area contributed by atoms with Crippen LogP contribution in [0.15, 0.2) is 60.7 Å². The highest BCUT2D eigenvalue weighted by atomic mass is 16.5. The minimum atomic E-state index is -0.468. The molecule has 1 aromatic rings. The van der Waals surface area contributed by atoms with Crippen LogP contribution in [0, 0.1) is 6.92 Å². The number of anilines is 1. The summed E-state index contributed by atoms with van der Waals surface area (Å²) in [5, 5.41) is 2.68. The molecule has 0 radical (unpaired) electrons. The normalized spacial score (nSPS) is 11.4. The van der Waals surface area contributed by atoms with Crippen LogP contribution in [0.2, 0.25) is 0 Å². The Morgan fingerprint density at radius 3 is 2.89 bits per heavy atom. The molecule has 1 N–H and O–H groups in total. The summed E-state index contributed by atoms with van der Waals surface area (Å²) >= 11 is 0. The van der Waals surface area contributed by atoms with E-state index in [0.717, 1.165) is 16.8 Å². The lowest BCUT2D eigenvalue weighted by Gasteiger charge is -2.08. The summed E-state index contributed by atoms with van der Waals surface area (Å²) in [5.74, 6) is 0. The molecule has 1 amide bonds. The number of nitrogens with one attached hydrogen (secondary N) is 1. The minimum absolute atomic E-state index is 0.216. The average Bonchev–Trinajstić information content (AvgIpc) is 2.36. The van der Waals surface area contributed by atoms with Crippen molar-refractivity contribution in [1.82, 2.24) is 0 Å². The number of aryl methyl sites for hydroxylation is 1. The van der Waals surface area contributed by atoms with E-state index in [1.54, 1.807) is 12.2 Å². The molecule has 0 heterocycles. The van der Waals surface area contributed by atoms with Crippen LogP contribution >= 0.6 is 0 Å². The van der Waals surface area contributed by atoms with E-state index in [2.05, 4.69) is 11.9 Å². The third-order valence-corrected chi connectivity index (χ3v) is 2.35. The van der Waals surface area contributed by atoms with E-state index in [1.807, 2.05) is 50.3 Å². The average molecular weight is 257 g/mol. The predicted octanol–water partition coefficient (Wildman–Crippen LogP) is 4.23. The number of carbonyl (C=O) groups is 1. The van der Waals surface area contributed by atoms with Crippen molar-refractivity contribution in [2.75, 3.05) is 11.9 Å². The number of amides is 1. The first kappa shape index (κ1) is 14.8. The van der Waals surface area contributed by atoms with Gasteiger partial charge in [-0.05, 0) is 37.1 Å². The molecule has 0 fully saturated rings. The molecular weight excluding hydrogens is 238 g/mol. The van der Waals surface area contributed by atoms with E-state index in [0.29, 0.717) is 0 Å². The van der Waals surface area contributed by atoms with Crippen molar-refractivity contribution in [3.8, 4) is 0 Å². The van der Waals surface area contributed by atoms with Crippen molar-refractivity contribution >= 4 is 11.8 Å². The molecule has 19 heavy (non-hydrogen) atoms. The monoisotopic (exact) mass is 257 g/mol. The number of hydrogen-bond acceptors (Lipinski definition) is 2. The van der Waals surface area contributed by atoms with Gasteiger partial charge in [-0.2, -0.15) is 0 Å². The third kappa shape index (κ3) is 5.73. The number of ether oxygens (including phenoxy) is 1. The van der Waals surface area contributed by atoms with Crippen molar-refractivity contribution in [2.24, 2.45) is 0 Å². The predicted molar refractivity (Wildman–Crippen MR) is 79.2 cm³/mol. The summed E-state index contributed by atoms with van der Waals surface area (Å²) in [5.41, 5.74) is 2.70. The first-order valence-electron chi connectivity index (χ1n) is 6.10. The molecule has 1 aromatic carbocycles. The maximum atomic E-state index is 11.6. The van der Waals surface area contributed by atoms with Crippen LogP contribution in [0.3, 0.4) is 0 Å². The van der Waals surface area contributed by atoms with Gasteiger partial charge in [-0.25, -0.2) is 4.79 Å². The molecule has 0 aliphatic heterocycles. The zero-order chi connectivity index (χ0) is 14.1. The van der Waals surface area contributed by atoms with Gasteiger partial charge in [-0.15, -0.1) is 0 Å². The van der Waals surface area contributed by atoms with Gasteiger partial charge in [0.2, 0.25) is 0 Å². The Hall–Kier alpha value is -2.29. The highest BCUT2D eigenvalue weighted by Gasteiger charge is 2.03. The Morgan fingerprint density at radius 2 is 2.26 bits per heavy atom. The van der Waals surface area contributed by atoms with E-state index >= 15 is 0 Å². The van der Waals surface area contributed by atoms with Crippen LogP contribution in [0.25, 0.3) is 0 Å². The van der Waals surface area contributed by atoms with Crippen LogP contribution in [0.4, 0.5) is 10.5 Å². The second kappa shape index (κ2) is 7.93. The molecule has 3 heteroatoms. The van der Waals surface area contributed by atoms with Crippen LogP contribution in [0.1, 0.15) is 12.5 Å². The summed E-state index contributed by atoms with van der Waals surface area (Å²) in [7, 11) is 0. The van der Waals surface area contributed by atoms with Gasteiger partial charge in [0.1, 0.15) is 6.61 Å². The molecule has 0 saturated carbocycles. The fraction of sp³-hybridized carbons (Fsp3) is 0.188. The molecule has 0 bridgehead atoms. The van der Waals surface area contributed by atoms with Crippen molar-refractivity contribution in [1.29, 1.82) is 0 Å². The number of benzene rings is 1. The lowest BCUT2D eigenvalue weighted by Crippen LogP contribution is -2.15. The third-order valence-electron chi connectivity index (χ3n) is 2.35. The van der Waals surface area contributed by atoms with Crippen LogP contribution in [-0.2, 0) is 4.74 Å². The molecule has 0 spiro atoms. The summed E-state index contributed by atoms with van der Waals surface area (Å²) in [6, 6.07) is 7.55. The van der Waals surface area contributed by atoms with Gasteiger partial charge in [-0.1, -0.05) is 43.0 Å². The highest BCUT2D eigenvalue weighted by Crippen LogP contribution is 2.10. The molecule has 0 atom stereocenters. The Labute approximate surface area is 114 Å². The maximum Gasteiger partial charge on any atom is 0.411 e. The Kier molecular flexibility index (Phi) is 6.16. The first-order chi connectivity index (χ1) is 9.15. The topological polar surface area (TPSA) is 38.3 Å². The fourth-order valence-corrected chi connectivity index (χ4v) is 1.54. The molecular formula is C16H19NO2. The number of carbonyl (C=O) groups excluding carboxylic acids is 1. The van der Waals surface area contributed by atoms with Gasteiger partial charge in [-0.3, -0.25) is 5.32 Å². The van der Waals surface area contributed by atoms with E-state index in [1.165, 1.54) is 0 Å². The first-order valence-corrected chi connectivity index (χ1v) is 6.10. The van der Waals surface area contributed by atoms with Gasteiger partial charge >= 0.3 is 6.09 Å². The number of rotatable bonds is 5. The maximum absolute atomic E-state index is 11.6. The molecule has 0 aliphatic carbocycles. The summed E-state index contributed by atoms with van der Waals surface area (Å²) in [6.07, 6.45) is 6.76. The summed E-state index contributed by atoms with van der Waals surface area (Å²) in [6.45, 7) is 7.71. The smallest absolute Gasteiger partial charge is 0.411 e. The quantitative estimate of drug-likeness (QED) is 0.801. The summed E-state index contributed by atoms with van der Waals surface area (Å²) in [4.78, 5) is 11.6. The highest BCUT2D eigenvalue weighted by molar-refractivity contribution is 5.84. The minimum Gasteiger partial charge on any atom is -0.444 e. The van der Waals surface area contributed by atoms with Gasteiger partial charge in [0, 0.05) is 5.69 Å². The molecule has 0 aromatic heterocycles. The zero-order valence-corrected chi connectivity index (χ0v) is 11.3. The van der Waals surface area contributed by atoms with Crippen molar-refractivity contribution < 1.29 is 9.53 Å². The SMILES string of the molecule is C=C/C=C(\C=C/C)COC(=O)Nc1cccc(C)c1. The van der Waals surface area contributed by atoms with Gasteiger partial charge in [0.25, 0.3) is 0 Å². The molecule has 1 rings (SSSR count). The van der Waals surface area contributed by atoms with E-state index in [9.17, 15) is 4.79 Å². The molecule has 0 unspecified atom stereocenters. The Morgan fingerprint density at radius 1 is 1.47 bits per heavy atom. The summed E-state index contributed by atoms with van der Waals surface area (Å²) < 4.78 is 5.14. The van der Waals surface area contributed by atoms with Gasteiger partial charge in [0.05, 0.1) is 0 Å². The lowest BCUT2D eigenvalue weighted by atomic mass is 10.2. The molecule has 0 aliphatic rings. The van der Waals surface area contributed by atoms with Gasteiger partial charge in [0.15, 0.2) is 0 Å². The molecule has 3 nitrogen and oxygen atoms in total. The van der Waals surface area contributed by atoms with E-state index < -0.39 is 6.09 Å². The zero-order valence-electron chi connectivity index (χ0n) is 11.3. The van der Waals surface area contributed by atoms with Gasteiger partial charge < -0.3 is 4.74 Å². The van der Waals surface area contributed by atoms with Crippen LogP contribution in [0.5, 0.6) is 0 Å². The second-order valence-corrected chi connectivity index (χ2v) is 4.05. The van der Waals surface area contributed by atoms with Crippen molar-refractivity contribution in [3.05, 3.63) is 66.3 Å². The van der Waals surface area contributed by atoms with Crippen molar-refractivity contribution in [2.45, 2.75) is 13.8 Å². The van der Waals surface area contributed by atoms with Crippen LogP contribution < -0.4 is 5.32 Å². The molecule has 100 valence electrons. The standard InChI is InChI=1S/C16H19NO2/c1-4-7-14(8-5-2)12-19-16(18)17-15-10-6-9-13(3)11-15/h4-11H,1,12H2,2-3H3,(H,17,18)/b8-5-,14-7+. The Balaban J connectivity index is 2.52. The second-order valence-electron chi connectivity index (χ2n) is 4.05. The van der Waals surface area contributed by atoms with Crippen molar-refractivity contribution in [3.63, 3.8) is 0 Å². The largest absolute Gasteiger partial charge is 0.444 e. The van der Waals surface area contributed by atoms with E-state index in [4.69, 9.17) is 4.74 Å². The van der Waals surface area contributed by atoms with Crippen LogP contribution in [-0.4, -0.2) is 12.7 Å².